The second-order valence-electron chi connectivity index (χ2n) is 11.2. The van der Waals surface area contributed by atoms with Gasteiger partial charge in [0.1, 0.15) is 0 Å². The lowest BCUT2D eigenvalue weighted by molar-refractivity contribution is -0.118. The van der Waals surface area contributed by atoms with Gasteiger partial charge in [0.05, 0.1) is 5.70 Å². The van der Waals surface area contributed by atoms with Crippen LogP contribution in [0.2, 0.25) is 0 Å². The van der Waals surface area contributed by atoms with Crippen LogP contribution in [0.15, 0.2) is 83.6 Å². The lowest BCUT2D eigenvalue weighted by Crippen LogP contribution is -2.39. The molecule has 4 aliphatic rings. The number of rotatable bonds is 2. The smallest absolute Gasteiger partial charge is 0.231 e. The molecule has 0 aromatic heterocycles. The van der Waals surface area contributed by atoms with E-state index in [2.05, 4.69) is 49.9 Å². The third-order valence-electron chi connectivity index (χ3n) is 7.92. The van der Waals surface area contributed by atoms with Gasteiger partial charge in [-0.1, -0.05) is 61.9 Å². The summed E-state index contributed by atoms with van der Waals surface area (Å²) in [6.07, 6.45) is 1.18. The van der Waals surface area contributed by atoms with Crippen LogP contribution in [0.25, 0.3) is 5.70 Å². The van der Waals surface area contributed by atoms with Crippen LogP contribution in [0.4, 0.5) is 5.69 Å². The molecular weight excluding hydrogens is 462 g/mol. The summed E-state index contributed by atoms with van der Waals surface area (Å²) >= 11 is 0. The Morgan fingerprint density at radius 2 is 1.57 bits per heavy atom. The molecule has 7 rings (SSSR count). The zero-order valence-corrected chi connectivity index (χ0v) is 21.1. The Morgan fingerprint density at radius 1 is 0.838 bits per heavy atom. The van der Waals surface area contributed by atoms with Gasteiger partial charge in [0.25, 0.3) is 0 Å². The van der Waals surface area contributed by atoms with E-state index in [1.165, 1.54) is 0 Å². The third kappa shape index (κ3) is 3.23. The quantitative estimate of drug-likeness (QED) is 0.407. The Hall–Kier alpha value is -4.12. The molecule has 0 amide bonds. The van der Waals surface area contributed by atoms with Crippen molar-refractivity contribution in [2.75, 3.05) is 11.7 Å². The highest BCUT2D eigenvalue weighted by atomic mass is 16.7. The van der Waals surface area contributed by atoms with Gasteiger partial charge in [-0.05, 0) is 48.6 Å². The summed E-state index contributed by atoms with van der Waals surface area (Å²) < 4.78 is 11.2. The molecule has 0 spiro atoms. The van der Waals surface area contributed by atoms with Gasteiger partial charge in [-0.25, -0.2) is 0 Å². The van der Waals surface area contributed by atoms with Crippen molar-refractivity contribution in [3.63, 3.8) is 0 Å². The molecule has 37 heavy (non-hydrogen) atoms. The number of ketones is 2. The van der Waals surface area contributed by atoms with Crippen LogP contribution in [0.1, 0.15) is 59.7 Å². The maximum Gasteiger partial charge on any atom is 0.231 e. The second kappa shape index (κ2) is 7.69. The number of aryl methyl sites for hydroxylation is 1. The largest absolute Gasteiger partial charge is 0.454 e. The molecule has 5 heteroatoms. The number of anilines is 1. The molecule has 2 aliphatic heterocycles. The third-order valence-corrected chi connectivity index (χ3v) is 7.92. The van der Waals surface area contributed by atoms with Gasteiger partial charge in [-0.3, -0.25) is 9.59 Å². The van der Waals surface area contributed by atoms with E-state index in [0.717, 1.165) is 45.8 Å². The molecular formula is C32H27NO4. The van der Waals surface area contributed by atoms with E-state index >= 15 is 0 Å². The summed E-state index contributed by atoms with van der Waals surface area (Å²) in [6.45, 7) is 6.53. The van der Waals surface area contributed by atoms with Crippen molar-refractivity contribution in [3.05, 3.63) is 106 Å². The average Bonchev–Trinajstić information content (AvgIpc) is 3.45. The highest BCUT2D eigenvalue weighted by Gasteiger charge is 2.49. The molecule has 5 nitrogen and oxygen atoms in total. The molecule has 0 saturated heterocycles. The van der Waals surface area contributed by atoms with E-state index in [-0.39, 0.29) is 23.8 Å². The summed E-state index contributed by atoms with van der Waals surface area (Å²) in [5, 5.41) is 0. The maximum absolute atomic E-state index is 14.1. The van der Waals surface area contributed by atoms with Gasteiger partial charge in [0.15, 0.2) is 23.1 Å². The van der Waals surface area contributed by atoms with Gasteiger partial charge in [-0.2, -0.15) is 0 Å². The van der Waals surface area contributed by atoms with E-state index in [9.17, 15) is 9.59 Å². The van der Waals surface area contributed by atoms with Gasteiger partial charge in [0.2, 0.25) is 6.79 Å². The molecule has 2 aliphatic carbocycles. The maximum atomic E-state index is 14.1. The second-order valence-corrected chi connectivity index (χ2v) is 11.2. The number of benzene rings is 3. The van der Waals surface area contributed by atoms with Crippen LogP contribution in [-0.4, -0.2) is 18.4 Å². The first kappa shape index (κ1) is 22.1. The molecule has 0 N–H and O–H groups in total. The molecule has 3 aromatic rings. The Kier molecular flexibility index (Phi) is 4.59. The minimum atomic E-state index is -0.468. The minimum absolute atomic E-state index is 0.0189. The molecule has 1 unspecified atom stereocenters. The number of nitrogens with zero attached hydrogens (tertiary/aromatic N) is 1. The molecule has 1 atom stereocenters. The molecule has 0 saturated carbocycles. The van der Waals surface area contributed by atoms with E-state index in [0.29, 0.717) is 29.1 Å². The Balaban J connectivity index is 1.54. The van der Waals surface area contributed by atoms with Crippen LogP contribution >= 0.6 is 0 Å². The fourth-order valence-corrected chi connectivity index (χ4v) is 6.31. The Labute approximate surface area is 216 Å². The predicted octanol–water partition coefficient (Wildman–Crippen LogP) is 6.58. The number of Topliss-reactive ketones (excluding diaryl/α,β-unsaturated/α-hetero) is 2. The monoisotopic (exact) mass is 489 g/mol. The summed E-state index contributed by atoms with van der Waals surface area (Å²) in [5.41, 5.74) is 7.65. The van der Waals surface area contributed by atoms with E-state index in [1.807, 2.05) is 42.5 Å². The number of carbonyl (C=O) groups excluding carboxylic acids is 2. The topological polar surface area (TPSA) is 55.8 Å². The standard InChI is InChI=1S/C32H27NO4/c1-18-8-11-20(12-9-18)33-23-15-32(2,3)16-24(34)28(23)27(19-10-13-25-26(14-19)37-17-36-25)29-30(33)21-6-4-5-7-22(21)31(29)35/h4-14,27H,15-17H2,1-3H3. The molecule has 0 radical (unpaired) electrons. The van der Waals surface area contributed by atoms with Crippen LogP contribution < -0.4 is 14.4 Å². The molecule has 184 valence electrons. The van der Waals surface area contributed by atoms with Crippen LogP contribution in [0.5, 0.6) is 11.5 Å². The summed E-state index contributed by atoms with van der Waals surface area (Å²) in [7, 11) is 0. The minimum Gasteiger partial charge on any atom is -0.454 e. The normalized spacial score (nSPS) is 21.3. The lowest BCUT2D eigenvalue weighted by Gasteiger charge is -2.44. The van der Waals surface area contributed by atoms with Crippen molar-refractivity contribution in [2.45, 2.75) is 39.5 Å². The van der Waals surface area contributed by atoms with E-state index < -0.39 is 5.92 Å². The number of allylic oxidation sites excluding steroid dienone is 3. The van der Waals surface area contributed by atoms with E-state index in [1.54, 1.807) is 0 Å². The highest BCUT2D eigenvalue weighted by molar-refractivity contribution is 6.25. The Morgan fingerprint density at radius 3 is 2.35 bits per heavy atom. The van der Waals surface area contributed by atoms with Gasteiger partial charge >= 0.3 is 0 Å². The van der Waals surface area contributed by atoms with Crippen LogP contribution in [0.3, 0.4) is 0 Å². The summed E-state index contributed by atoms with van der Waals surface area (Å²) in [5.74, 6) is 0.941. The first-order chi connectivity index (χ1) is 17.8. The van der Waals surface area contributed by atoms with Crippen molar-refractivity contribution in [2.24, 2.45) is 5.41 Å². The fourth-order valence-electron chi connectivity index (χ4n) is 6.31. The predicted molar refractivity (Wildman–Crippen MR) is 142 cm³/mol. The van der Waals surface area contributed by atoms with Crippen molar-refractivity contribution >= 4 is 23.0 Å². The Bertz CT molecular complexity index is 1570. The van der Waals surface area contributed by atoms with Crippen molar-refractivity contribution in [1.82, 2.24) is 0 Å². The van der Waals surface area contributed by atoms with Gasteiger partial charge in [-0.15, -0.1) is 0 Å². The molecule has 2 heterocycles. The number of carbonyl (C=O) groups is 2. The lowest BCUT2D eigenvalue weighted by atomic mass is 9.68. The summed E-state index contributed by atoms with van der Waals surface area (Å²) in [6, 6.07) is 21.9. The number of fused-ring (bicyclic) bond motifs is 3. The number of hydrogen-bond acceptors (Lipinski definition) is 5. The SMILES string of the molecule is Cc1ccc(N2C3=C(C(=O)CC(C)(C)C3)C(c3ccc4c(c3)OCO4)C3=C2c2ccccc2C3=O)cc1. The van der Waals surface area contributed by atoms with Crippen molar-refractivity contribution in [3.8, 4) is 11.5 Å². The molecule has 0 fully saturated rings. The first-order valence-electron chi connectivity index (χ1n) is 12.7. The zero-order chi connectivity index (χ0) is 25.5. The van der Waals surface area contributed by atoms with E-state index in [4.69, 9.17) is 9.47 Å². The highest BCUT2D eigenvalue weighted by Crippen LogP contribution is 2.56. The zero-order valence-electron chi connectivity index (χ0n) is 21.1. The number of ether oxygens (including phenoxy) is 2. The summed E-state index contributed by atoms with van der Waals surface area (Å²) in [4.78, 5) is 30.3. The molecule has 3 aromatic carbocycles. The first-order valence-corrected chi connectivity index (χ1v) is 12.7. The average molecular weight is 490 g/mol. The van der Waals surface area contributed by atoms with Crippen LogP contribution in [0, 0.1) is 12.3 Å². The van der Waals surface area contributed by atoms with Crippen molar-refractivity contribution < 1.29 is 19.1 Å². The van der Waals surface area contributed by atoms with Gasteiger partial charge < -0.3 is 14.4 Å². The van der Waals surface area contributed by atoms with Crippen molar-refractivity contribution in [1.29, 1.82) is 0 Å². The number of hydrogen-bond donors (Lipinski definition) is 0. The molecule has 0 bridgehead atoms. The fraction of sp³-hybridized carbons (Fsp3) is 0.250. The van der Waals surface area contributed by atoms with Gasteiger partial charge in [0, 0.05) is 46.0 Å². The van der Waals surface area contributed by atoms with Crippen LogP contribution in [-0.2, 0) is 4.79 Å².